The number of piperidine rings is 1. The average Bonchev–Trinajstić information content (AvgIpc) is 2.85. The van der Waals surface area contributed by atoms with Gasteiger partial charge in [-0.3, -0.25) is 4.98 Å². The molecule has 3 heterocycles. The number of benzene rings is 2. The number of hydrogen-bond acceptors (Lipinski definition) is 5. The lowest BCUT2D eigenvalue weighted by atomic mass is 9.95. The molecule has 3 aromatic rings. The molecule has 2 aliphatic heterocycles. The van der Waals surface area contributed by atoms with Gasteiger partial charge < -0.3 is 9.80 Å². The lowest BCUT2D eigenvalue weighted by Gasteiger charge is -2.39. The standard InChI is InChI=1S/C25H29ClN4O2S/c26-23-3-1-22-18-25(4-2-21(22)17-23)33(31,32)30-15-13-28(14-16-30)19-20-7-11-29(12-8-20)24-5-9-27-10-6-24/h1-6,9-10,17-18,20H,7-8,11-16,19H2. The van der Waals surface area contributed by atoms with Crippen molar-refractivity contribution in [2.45, 2.75) is 17.7 Å². The van der Waals surface area contributed by atoms with Gasteiger partial charge in [0.15, 0.2) is 0 Å². The van der Waals surface area contributed by atoms with Crippen LogP contribution in [-0.4, -0.2) is 68.4 Å². The zero-order chi connectivity index (χ0) is 22.8. The number of fused-ring (bicyclic) bond motifs is 1. The van der Waals surface area contributed by atoms with Crippen LogP contribution in [-0.2, 0) is 10.0 Å². The quantitative estimate of drug-likeness (QED) is 0.545. The van der Waals surface area contributed by atoms with Crippen molar-refractivity contribution in [3.63, 3.8) is 0 Å². The van der Waals surface area contributed by atoms with Crippen LogP contribution in [0.25, 0.3) is 10.8 Å². The van der Waals surface area contributed by atoms with E-state index in [-0.39, 0.29) is 0 Å². The number of halogens is 1. The van der Waals surface area contributed by atoms with Crippen molar-refractivity contribution < 1.29 is 8.42 Å². The SMILES string of the molecule is O=S(=O)(c1ccc2cc(Cl)ccc2c1)N1CCN(CC2CCN(c3ccncc3)CC2)CC1. The maximum Gasteiger partial charge on any atom is 0.243 e. The van der Waals surface area contributed by atoms with E-state index in [1.807, 2.05) is 30.6 Å². The second-order valence-electron chi connectivity index (χ2n) is 8.99. The molecule has 0 aliphatic carbocycles. The summed E-state index contributed by atoms with van der Waals surface area (Å²) in [4.78, 5) is 9.32. The van der Waals surface area contributed by atoms with Gasteiger partial charge in [-0.2, -0.15) is 4.31 Å². The van der Waals surface area contributed by atoms with E-state index in [1.165, 1.54) is 18.5 Å². The van der Waals surface area contributed by atoms with Crippen molar-refractivity contribution in [2.24, 2.45) is 5.92 Å². The molecule has 0 spiro atoms. The minimum atomic E-state index is -3.50. The fourth-order valence-corrected chi connectivity index (χ4v) is 6.59. The highest BCUT2D eigenvalue weighted by molar-refractivity contribution is 7.89. The summed E-state index contributed by atoms with van der Waals surface area (Å²) in [7, 11) is -3.50. The Kier molecular flexibility index (Phi) is 6.56. The fraction of sp³-hybridized carbons (Fsp3) is 0.400. The highest BCUT2D eigenvalue weighted by Gasteiger charge is 2.30. The summed E-state index contributed by atoms with van der Waals surface area (Å²) in [5, 5.41) is 2.48. The van der Waals surface area contributed by atoms with Crippen LogP contribution in [0, 0.1) is 5.92 Å². The molecule has 2 aromatic carbocycles. The van der Waals surface area contributed by atoms with Crippen LogP contribution < -0.4 is 4.90 Å². The van der Waals surface area contributed by atoms with Crippen molar-refractivity contribution in [3.05, 3.63) is 65.9 Å². The van der Waals surface area contributed by atoms with Crippen molar-refractivity contribution in [1.29, 1.82) is 0 Å². The molecule has 1 aromatic heterocycles. The maximum atomic E-state index is 13.2. The van der Waals surface area contributed by atoms with E-state index >= 15 is 0 Å². The highest BCUT2D eigenvalue weighted by atomic mass is 35.5. The summed E-state index contributed by atoms with van der Waals surface area (Å²) in [5.74, 6) is 0.665. The minimum Gasteiger partial charge on any atom is -0.371 e. The molecular formula is C25H29ClN4O2S. The summed E-state index contributed by atoms with van der Waals surface area (Å²) in [5.41, 5.74) is 1.25. The van der Waals surface area contributed by atoms with Gasteiger partial charge in [0.25, 0.3) is 0 Å². The van der Waals surface area contributed by atoms with Crippen LogP contribution in [0.3, 0.4) is 0 Å². The van der Waals surface area contributed by atoms with E-state index in [9.17, 15) is 8.42 Å². The van der Waals surface area contributed by atoms with E-state index in [0.717, 1.165) is 43.5 Å². The van der Waals surface area contributed by atoms with Crippen LogP contribution in [0.1, 0.15) is 12.8 Å². The Hall–Kier alpha value is -2.19. The van der Waals surface area contributed by atoms with E-state index in [2.05, 4.69) is 26.9 Å². The first-order valence-electron chi connectivity index (χ1n) is 11.6. The monoisotopic (exact) mass is 484 g/mol. The third-order valence-corrected chi connectivity index (χ3v) is 9.03. The molecule has 174 valence electrons. The second kappa shape index (κ2) is 9.58. The van der Waals surface area contributed by atoms with Crippen molar-refractivity contribution in [1.82, 2.24) is 14.2 Å². The van der Waals surface area contributed by atoms with E-state index in [1.54, 1.807) is 22.5 Å². The fourth-order valence-electron chi connectivity index (χ4n) is 4.95. The molecule has 2 saturated heterocycles. The van der Waals surface area contributed by atoms with Gasteiger partial charge in [0.1, 0.15) is 0 Å². The third kappa shape index (κ3) is 5.01. The number of nitrogens with zero attached hydrogens (tertiary/aromatic N) is 4. The molecule has 8 heteroatoms. The summed E-state index contributed by atoms with van der Waals surface area (Å²) in [6.45, 7) is 5.83. The van der Waals surface area contributed by atoms with Gasteiger partial charge in [0.2, 0.25) is 10.0 Å². The predicted molar refractivity (Wildman–Crippen MR) is 133 cm³/mol. The molecule has 2 aliphatic rings. The van der Waals surface area contributed by atoms with Crippen LogP contribution in [0.15, 0.2) is 65.8 Å². The Bertz CT molecular complexity index is 1210. The van der Waals surface area contributed by atoms with Gasteiger partial charge in [0, 0.05) is 68.9 Å². The lowest BCUT2D eigenvalue weighted by molar-refractivity contribution is 0.155. The summed E-state index contributed by atoms with van der Waals surface area (Å²) in [6.07, 6.45) is 6.04. The first-order chi connectivity index (χ1) is 16.0. The molecule has 0 atom stereocenters. The van der Waals surface area contributed by atoms with Crippen molar-refractivity contribution >= 4 is 38.1 Å². The molecule has 0 N–H and O–H groups in total. The number of pyridine rings is 1. The van der Waals surface area contributed by atoms with Crippen LogP contribution >= 0.6 is 11.6 Å². The van der Waals surface area contributed by atoms with Crippen LogP contribution in [0.2, 0.25) is 5.02 Å². The van der Waals surface area contributed by atoms with Gasteiger partial charge in [-0.1, -0.05) is 23.7 Å². The van der Waals surface area contributed by atoms with Crippen LogP contribution in [0.5, 0.6) is 0 Å². The maximum absolute atomic E-state index is 13.2. The Morgan fingerprint density at radius 2 is 1.52 bits per heavy atom. The Morgan fingerprint density at radius 1 is 0.848 bits per heavy atom. The van der Waals surface area contributed by atoms with E-state index in [4.69, 9.17) is 11.6 Å². The Balaban J connectivity index is 1.15. The van der Waals surface area contributed by atoms with E-state index in [0.29, 0.717) is 28.9 Å². The van der Waals surface area contributed by atoms with Gasteiger partial charge in [0.05, 0.1) is 4.90 Å². The molecular weight excluding hydrogens is 456 g/mol. The lowest BCUT2D eigenvalue weighted by Crippen LogP contribution is -2.50. The zero-order valence-corrected chi connectivity index (χ0v) is 20.2. The van der Waals surface area contributed by atoms with Crippen molar-refractivity contribution in [2.75, 3.05) is 50.7 Å². The predicted octanol–water partition coefficient (Wildman–Crippen LogP) is 4.11. The normalized spacial score (nSPS) is 19.2. The number of anilines is 1. The molecule has 0 amide bonds. The zero-order valence-electron chi connectivity index (χ0n) is 18.6. The second-order valence-corrected chi connectivity index (χ2v) is 11.4. The summed E-state index contributed by atoms with van der Waals surface area (Å²) in [6, 6.07) is 14.9. The van der Waals surface area contributed by atoms with Gasteiger partial charge >= 0.3 is 0 Å². The number of rotatable bonds is 5. The minimum absolute atomic E-state index is 0.356. The van der Waals surface area contributed by atoms with Crippen LogP contribution in [0.4, 0.5) is 5.69 Å². The molecule has 2 fully saturated rings. The van der Waals surface area contributed by atoms with Gasteiger partial charge in [-0.05, 0) is 65.9 Å². The molecule has 33 heavy (non-hydrogen) atoms. The first kappa shape index (κ1) is 22.6. The third-order valence-electron chi connectivity index (χ3n) is 6.90. The molecule has 0 unspecified atom stereocenters. The molecule has 6 nitrogen and oxygen atoms in total. The molecule has 5 rings (SSSR count). The molecule has 0 bridgehead atoms. The largest absolute Gasteiger partial charge is 0.371 e. The number of hydrogen-bond donors (Lipinski definition) is 0. The van der Waals surface area contributed by atoms with Crippen molar-refractivity contribution in [3.8, 4) is 0 Å². The highest BCUT2D eigenvalue weighted by Crippen LogP contribution is 2.26. The number of sulfonamides is 1. The number of piperazine rings is 1. The van der Waals surface area contributed by atoms with E-state index < -0.39 is 10.0 Å². The Labute approximate surface area is 200 Å². The van der Waals surface area contributed by atoms with Gasteiger partial charge in [-0.15, -0.1) is 0 Å². The topological polar surface area (TPSA) is 56.8 Å². The first-order valence-corrected chi connectivity index (χ1v) is 13.4. The summed E-state index contributed by atoms with van der Waals surface area (Å²) < 4.78 is 28.1. The smallest absolute Gasteiger partial charge is 0.243 e. The summed E-state index contributed by atoms with van der Waals surface area (Å²) >= 11 is 6.05. The average molecular weight is 485 g/mol. The van der Waals surface area contributed by atoms with Gasteiger partial charge in [-0.25, -0.2) is 8.42 Å². The molecule has 0 radical (unpaired) electrons. The Morgan fingerprint density at radius 3 is 2.24 bits per heavy atom. The number of aromatic nitrogens is 1. The molecule has 0 saturated carbocycles.